The summed E-state index contributed by atoms with van der Waals surface area (Å²) in [7, 11) is 7.76. The first-order valence-electron chi connectivity index (χ1n) is 9.48. The highest BCUT2D eigenvalue weighted by Gasteiger charge is 2.23. The zero-order chi connectivity index (χ0) is 19.1. The molecule has 1 aromatic heterocycles. The molecule has 2 unspecified atom stereocenters. The van der Waals surface area contributed by atoms with Gasteiger partial charge < -0.3 is 20.3 Å². The molecule has 8 nitrogen and oxygen atoms in total. The number of ether oxygens (including phenoxy) is 1. The second kappa shape index (κ2) is 11.8. The Labute approximate surface area is 180 Å². The van der Waals surface area contributed by atoms with E-state index in [9.17, 15) is 0 Å². The van der Waals surface area contributed by atoms with Crippen molar-refractivity contribution in [3.63, 3.8) is 0 Å². The molecule has 9 heteroatoms. The van der Waals surface area contributed by atoms with E-state index in [1.807, 2.05) is 11.7 Å². The van der Waals surface area contributed by atoms with E-state index in [-0.39, 0.29) is 24.0 Å². The van der Waals surface area contributed by atoms with Gasteiger partial charge in [0.2, 0.25) is 0 Å². The van der Waals surface area contributed by atoms with Gasteiger partial charge in [-0.2, -0.15) is 5.10 Å². The first kappa shape index (κ1) is 24.1. The molecule has 156 valence electrons. The van der Waals surface area contributed by atoms with Crippen molar-refractivity contribution in [1.29, 1.82) is 0 Å². The Kier molecular flexibility index (Phi) is 10.5. The van der Waals surface area contributed by atoms with E-state index in [0.717, 1.165) is 50.0 Å². The Morgan fingerprint density at radius 1 is 1.41 bits per heavy atom. The van der Waals surface area contributed by atoms with E-state index >= 15 is 0 Å². The summed E-state index contributed by atoms with van der Waals surface area (Å²) in [6, 6.07) is 0.784. The molecular formula is C18H36IN7O. The normalized spacial score (nSPS) is 18.2. The summed E-state index contributed by atoms with van der Waals surface area (Å²) in [4.78, 5) is 11.2. The molecule has 0 spiro atoms. The molecule has 1 aliphatic rings. The second-order valence-electron chi connectivity index (χ2n) is 7.64. The van der Waals surface area contributed by atoms with E-state index in [1.165, 1.54) is 0 Å². The van der Waals surface area contributed by atoms with Gasteiger partial charge >= 0.3 is 0 Å². The molecule has 0 aliphatic carbocycles. The number of hydrogen-bond donors (Lipinski definition) is 2. The predicted octanol–water partition coefficient (Wildman–Crippen LogP) is 1.50. The molecule has 2 atom stereocenters. The van der Waals surface area contributed by atoms with Gasteiger partial charge in [0.1, 0.15) is 12.4 Å². The van der Waals surface area contributed by atoms with Gasteiger partial charge in [0, 0.05) is 39.2 Å². The average molecular weight is 493 g/mol. The number of likely N-dealkylation sites (N-methyl/N-ethyl adjacent to an activating group) is 1. The van der Waals surface area contributed by atoms with Crippen LogP contribution in [0.3, 0.4) is 0 Å². The minimum atomic E-state index is 0. The molecule has 0 bridgehead atoms. The number of fused-ring (bicyclic) bond motifs is 1. The number of rotatable bonds is 8. The van der Waals surface area contributed by atoms with Gasteiger partial charge in [0.25, 0.3) is 0 Å². The van der Waals surface area contributed by atoms with Gasteiger partial charge in [-0.3, -0.25) is 4.99 Å². The summed E-state index contributed by atoms with van der Waals surface area (Å²) in [5.41, 5.74) is 0. The van der Waals surface area contributed by atoms with E-state index in [1.54, 1.807) is 7.11 Å². The molecule has 2 rings (SSSR count). The van der Waals surface area contributed by atoms with Gasteiger partial charge in [0.05, 0.1) is 6.54 Å². The molecule has 27 heavy (non-hydrogen) atoms. The molecule has 2 heterocycles. The third kappa shape index (κ3) is 7.53. The summed E-state index contributed by atoms with van der Waals surface area (Å²) >= 11 is 0. The van der Waals surface area contributed by atoms with Crippen LogP contribution >= 0.6 is 24.0 Å². The minimum absolute atomic E-state index is 0. The lowest BCUT2D eigenvalue weighted by Gasteiger charge is -2.29. The fourth-order valence-electron chi connectivity index (χ4n) is 3.29. The number of aliphatic imine (C=N–C) groups is 1. The van der Waals surface area contributed by atoms with E-state index < -0.39 is 0 Å². The van der Waals surface area contributed by atoms with Gasteiger partial charge in [-0.05, 0) is 32.9 Å². The Morgan fingerprint density at radius 2 is 2.15 bits per heavy atom. The Bertz CT molecular complexity index is 588. The Hall–Kier alpha value is -0.940. The van der Waals surface area contributed by atoms with Crippen LogP contribution in [-0.4, -0.2) is 72.5 Å². The number of nitrogens with one attached hydrogen (secondary N) is 2. The van der Waals surface area contributed by atoms with Crippen molar-refractivity contribution in [3.05, 3.63) is 11.6 Å². The average Bonchev–Trinajstić information content (AvgIpc) is 2.98. The summed E-state index contributed by atoms with van der Waals surface area (Å²) in [6.07, 6.45) is 3.10. The van der Waals surface area contributed by atoms with Crippen molar-refractivity contribution < 1.29 is 4.74 Å². The van der Waals surface area contributed by atoms with Crippen LogP contribution in [0.4, 0.5) is 0 Å². The van der Waals surface area contributed by atoms with Crippen LogP contribution in [0.5, 0.6) is 0 Å². The molecule has 0 radical (unpaired) electrons. The maximum Gasteiger partial charge on any atom is 0.191 e. The number of hydrogen-bond acceptors (Lipinski definition) is 5. The molecule has 0 aromatic carbocycles. The SMILES string of the molecule is CN=C(NCC(CC(C)C)N(C)C)NC1CCc2nc(COC)nn2C1.I. The number of guanidine groups is 1. The quantitative estimate of drug-likeness (QED) is 0.325. The Balaban J connectivity index is 0.00000364. The number of methoxy groups -OCH3 is 1. The lowest BCUT2D eigenvalue weighted by molar-refractivity contribution is 0.177. The monoisotopic (exact) mass is 493 g/mol. The molecule has 0 saturated carbocycles. The first-order chi connectivity index (χ1) is 12.4. The lowest BCUT2D eigenvalue weighted by Crippen LogP contribution is -2.50. The standard InChI is InChI=1S/C18H35N7O.HI/c1-13(2)9-15(24(4)5)10-20-18(19-3)21-14-7-8-17-22-16(12-26-6)23-25(17)11-14;/h13-15H,7-12H2,1-6H3,(H2,19,20,21);1H. The summed E-state index contributed by atoms with van der Waals surface area (Å²) < 4.78 is 7.12. The Morgan fingerprint density at radius 3 is 2.74 bits per heavy atom. The molecule has 1 aliphatic heterocycles. The fraction of sp³-hybridized carbons (Fsp3) is 0.833. The minimum Gasteiger partial charge on any atom is -0.377 e. The highest BCUT2D eigenvalue weighted by molar-refractivity contribution is 14.0. The molecule has 2 N–H and O–H groups in total. The largest absolute Gasteiger partial charge is 0.377 e. The summed E-state index contributed by atoms with van der Waals surface area (Å²) in [5, 5.41) is 11.5. The van der Waals surface area contributed by atoms with Crippen LogP contribution in [0.1, 0.15) is 38.3 Å². The van der Waals surface area contributed by atoms with Gasteiger partial charge in [0.15, 0.2) is 11.8 Å². The molecule has 1 aromatic rings. The zero-order valence-electron chi connectivity index (χ0n) is 17.5. The van der Waals surface area contributed by atoms with Crippen molar-refractivity contribution >= 4 is 29.9 Å². The van der Waals surface area contributed by atoms with Crippen molar-refractivity contribution in [2.24, 2.45) is 10.9 Å². The van der Waals surface area contributed by atoms with Gasteiger partial charge in [-0.1, -0.05) is 13.8 Å². The smallest absolute Gasteiger partial charge is 0.191 e. The van der Waals surface area contributed by atoms with E-state index in [0.29, 0.717) is 24.6 Å². The van der Waals surface area contributed by atoms with Crippen molar-refractivity contribution in [3.8, 4) is 0 Å². The summed E-state index contributed by atoms with van der Waals surface area (Å²) in [6.45, 7) is 6.67. The highest BCUT2D eigenvalue weighted by Crippen LogP contribution is 2.13. The molecular weight excluding hydrogens is 457 g/mol. The maximum atomic E-state index is 5.13. The van der Waals surface area contributed by atoms with Crippen LogP contribution in [0, 0.1) is 5.92 Å². The van der Waals surface area contributed by atoms with Crippen molar-refractivity contribution in [1.82, 2.24) is 30.3 Å². The van der Waals surface area contributed by atoms with E-state index in [2.05, 4.69) is 58.6 Å². The zero-order valence-corrected chi connectivity index (χ0v) is 19.9. The molecule has 0 fully saturated rings. The van der Waals surface area contributed by atoms with Gasteiger partial charge in [-0.25, -0.2) is 9.67 Å². The van der Waals surface area contributed by atoms with E-state index in [4.69, 9.17) is 4.74 Å². The second-order valence-corrected chi connectivity index (χ2v) is 7.64. The fourth-order valence-corrected chi connectivity index (χ4v) is 3.29. The molecule has 0 amide bonds. The van der Waals surface area contributed by atoms with Crippen LogP contribution in [0.15, 0.2) is 4.99 Å². The number of nitrogens with zero attached hydrogens (tertiary/aromatic N) is 5. The van der Waals surface area contributed by atoms with Gasteiger partial charge in [-0.15, -0.1) is 24.0 Å². The summed E-state index contributed by atoms with van der Waals surface area (Å²) in [5.74, 6) is 3.33. The maximum absolute atomic E-state index is 5.13. The topological polar surface area (TPSA) is 79.6 Å². The lowest BCUT2D eigenvalue weighted by atomic mass is 10.0. The number of halogens is 1. The van der Waals surface area contributed by atoms with Crippen LogP contribution < -0.4 is 10.6 Å². The first-order valence-corrected chi connectivity index (χ1v) is 9.48. The van der Waals surface area contributed by atoms with Crippen LogP contribution in [0.25, 0.3) is 0 Å². The third-order valence-electron chi connectivity index (χ3n) is 4.72. The van der Waals surface area contributed by atoms with Crippen molar-refractivity contribution in [2.75, 3.05) is 34.8 Å². The van der Waals surface area contributed by atoms with Crippen LogP contribution in [-0.2, 0) is 24.3 Å². The van der Waals surface area contributed by atoms with Crippen molar-refractivity contribution in [2.45, 2.75) is 58.3 Å². The predicted molar refractivity (Wildman–Crippen MR) is 120 cm³/mol. The molecule has 0 saturated heterocycles. The third-order valence-corrected chi connectivity index (χ3v) is 4.72. The van der Waals surface area contributed by atoms with Crippen LogP contribution in [0.2, 0.25) is 0 Å². The number of aromatic nitrogens is 3. The highest BCUT2D eigenvalue weighted by atomic mass is 127. The number of aryl methyl sites for hydroxylation is 1.